The Morgan fingerprint density at radius 3 is 2.44 bits per heavy atom. The second kappa shape index (κ2) is 5.72. The standard InChI is InChI=1S/C10H13N3O3/c1-7(14)12-8-2-4-9(5-3-8)16-6-10(15)13-11/h2-5H,6,11H2,1H3,(H,12,14)(H,13,15). The maximum Gasteiger partial charge on any atom is 0.271 e. The minimum absolute atomic E-state index is 0.142. The van der Waals surface area contributed by atoms with E-state index in [1.54, 1.807) is 24.3 Å². The van der Waals surface area contributed by atoms with Gasteiger partial charge in [0.25, 0.3) is 5.91 Å². The van der Waals surface area contributed by atoms with Crippen LogP contribution < -0.4 is 21.3 Å². The van der Waals surface area contributed by atoms with Gasteiger partial charge in [0.2, 0.25) is 5.91 Å². The third-order valence-electron chi connectivity index (χ3n) is 1.71. The number of hydrogen-bond donors (Lipinski definition) is 3. The zero-order chi connectivity index (χ0) is 12.0. The summed E-state index contributed by atoms with van der Waals surface area (Å²) in [6.45, 7) is 1.28. The zero-order valence-corrected chi connectivity index (χ0v) is 8.82. The minimum Gasteiger partial charge on any atom is -0.484 e. The van der Waals surface area contributed by atoms with Crippen LogP contribution in [0.2, 0.25) is 0 Å². The van der Waals surface area contributed by atoms with Gasteiger partial charge in [-0.2, -0.15) is 0 Å². The number of benzene rings is 1. The van der Waals surface area contributed by atoms with E-state index < -0.39 is 5.91 Å². The van der Waals surface area contributed by atoms with E-state index in [1.807, 2.05) is 5.43 Å². The second-order valence-corrected chi connectivity index (χ2v) is 3.06. The van der Waals surface area contributed by atoms with E-state index in [2.05, 4.69) is 5.32 Å². The van der Waals surface area contributed by atoms with Crippen LogP contribution in [-0.4, -0.2) is 18.4 Å². The highest BCUT2D eigenvalue weighted by Gasteiger charge is 2.00. The maximum absolute atomic E-state index is 10.8. The third-order valence-corrected chi connectivity index (χ3v) is 1.71. The SMILES string of the molecule is CC(=O)Nc1ccc(OCC(=O)NN)cc1. The molecule has 0 aliphatic carbocycles. The summed E-state index contributed by atoms with van der Waals surface area (Å²) in [6.07, 6.45) is 0. The molecule has 16 heavy (non-hydrogen) atoms. The van der Waals surface area contributed by atoms with Crippen LogP contribution in [0.4, 0.5) is 5.69 Å². The van der Waals surface area contributed by atoms with Gasteiger partial charge in [0.1, 0.15) is 5.75 Å². The number of amides is 2. The fourth-order valence-electron chi connectivity index (χ4n) is 1.03. The summed E-state index contributed by atoms with van der Waals surface area (Å²) in [5, 5.41) is 2.61. The van der Waals surface area contributed by atoms with Gasteiger partial charge in [0, 0.05) is 12.6 Å². The minimum atomic E-state index is -0.411. The van der Waals surface area contributed by atoms with Crippen LogP contribution in [-0.2, 0) is 9.59 Å². The lowest BCUT2D eigenvalue weighted by atomic mass is 10.3. The molecule has 6 heteroatoms. The van der Waals surface area contributed by atoms with Crippen LogP contribution in [0.1, 0.15) is 6.92 Å². The topological polar surface area (TPSA) is 93.4 Å². The lowest BCUT2D eigenvalue weighted by molar-refractivity contribution is -0.123. The molecule has 0 aliphatic rings. The van der Waals surface area contributed by atoms with Crippen LogP contribution >= 0.6 is 0 Å². The van der Waals surface area contributed by atoms with Crippen LogP contribution in [0.15, 0.2) is 24.3 Å². The molecule has 0 aromatic heterocycles. The fourth-order valence-corrected chi connectivity index (χ4v) is 1.03. The van der Waals surface area contributed by atoms with Gasteiger partial charge >= 0.3 is 0 Å². The molecule has 0 bridgehead atoms. The van der Waals surface area contributed by atoms with E-state index >= 15 is 0 Å². The Labute approximate surface area is 92.7 Å². The lowest BCUT2D eigenvalue weighted by Crippen LogP contribution is -2.34. The van der Waals surface area contributed by atoms with Gasteiger partial charge in [-0.3, -0.25) is 15.0 Å². The normalized spacial score (nSPS) is 9.38. The van der Waals surface area contributed by atoms with Crippen molar-refractivity contribution in [3.05, 3.63) is 24.3 Å². The highest BCUT2D eigenvalue weighted by molar-refractivity contribution is 5.88. The lowest BCUT2D eigenvalue weighted by Gasteiger charge is -2.06. The molecule has 4 N–H and O–H groups in total. The number of hydrogen-bond acceptors (Lipinski definition) is 4. The van der Waals surface area contributed by atoms with Crippen molar-refractivity contribution in [3.63, 3.8) is 0 Å². The van der Waals surface area contributed by atoms with Crippen LogP contribution in [0.5, 0.6) is 5.75 Å². The average Bonchev–Trinajstić information content (AvgIpc) is 2.27. The van der Waals surface area contributed by atoms with Crippen molar-refractivity contribution in [1.82, 2.24) is 5.43 Å². The Balaban J connectivity index is 2.51. The molecule has 0 radical (unpaired) electrons. The first-order valence-electron chi connectivity index (χ1n) is 4.61. The highest BCUT2D eigenvalue weighted by Crippen LogP contribution is 2.15. The number of ether oxygens (including phenoxy) is 1. The Hall–Kier alpha value is -2.08. The quantitative estimate of drug-likeness (QED) is 0.381. The molecule has 1 aromatic rings. The first kappa shape index (κ1) is 12.0. The van der Waals surface area contributed by atoms with Crippen molar-refractivity contribution in [2.45, 2.75) is 6.92 Å². The number of carbonyl (C=O) groups is 2. The molecule has 0 aliphatic heterocycles. The summed E-state index contributed by atoms with van der Waals surface area (Å²) in [4.78, 5) is 21.5. The first-order valence-corrected chi connectivity index (χ1v) is 4.61. The second-order valence-electron chi connectivity index (χ2n) is 3.06. The molecule has 2 amide bonds. The summed E-state index contributed by atoms with van der Waals surface area (Å²) in [7, 11) is 0. The van der Waals surface area contributed by atoms with E-state index in [-0.39, 0.29) is 12.5 Å². The first-order chi connectivity index (χ1) is 7.61. The monoisotopic (exact) mass is 223 g/mol. The number of carbonyl (C=O) groups excluding carboxylic acids is 2. The van der Waals surface area contributed by atoms with Gasteiger partial charge in [-0.1, -0.05) is 0 Å². The molecule has 0 fully saturated rings. The summed E-state index contributed by atoms with van der Waals surface area (Å²) in [5.74, 6) is 4.86. The number of anilines is 1. The number of nitrogens with one attached hydrogen (secondary N) is 2. The molecule has 1 rings (SSSR count). The average molecular weight is 223 g/mol. The smallest absolute Gasteiger partial charge is 0.271 e. The Kier molecular flexibility index (Phi) is 4.28. The van der Waals surface area contributed by atoms with Crippen LogP contribution in [0, 0.1) is 0 Å². The van der Waals surface area contributed by atoms with Gasteiger partial charge < -0.3 is 10.1 Å². The Bertz CT molecular complexity index is 375. The Morgan fingerprint density at radius 2 is 1.94 bits per heavy atom. The maximum atomic E-state index is 10.8. The van der Waals surface area contributed by atoms with Gasteiger partial charge in [-0.25, -0.2) is 5.84 Å². The van der Waals surface area contributed by atoms with E-state index in [0.717, 1.165) is 0 Å². The van der Waals surface area contributed by atoms with Crippen molar-refractivity contribution >= 4 is 17.5 Å². The molecule has 0 atom stereocenters. The third kappa shape index (κ3) is 3.97. The van der Waals surface area contributed by atoms with Gasteiger partial charge in [0.05, 0.1) is 0 Å². The predicted octanol–water partition coefficient (Wildman–Crippen LogP) is 0.0137. The van der Waals surface area contributed by atoms with Crippen LogP contribution in [0.3, 0.4) is 0 Å². The molecule has 0 heterocycles. The molecular weight excluding hydrogens is 210 g/mol. The molecule has 0 saturated carbocycles. The summed E-state index contributed by atoms with van der Waals surface area (Å²) in [6, 6.07) is 6.65. The number of nitrogens with two attached hydrogens (primary N) is 1. The molecule has 86 valence electrons. The van der Waals surface area contributed by atoms with E-state index in [4.69, 9.17) is 10.6 Å². The molecule has 6 nitrogen and oxygen atoms in total. The molecule has 0 spiro atoms. The molecular formula is C10H13N3O3. The van der Waals surface area contributed by atoms with Gasteiger partial charge in [-0.15, -0.1) is 0 Å². The number of rotatable bonds is 4. The van der Waals surface area contributed by atoms with Crippen molar-refractivity contribution in [2.24, 2.45) is 5.84 Å². The van der Waals surface area contributed by atoms with Gasteiger partial charge in [0.15, 0.2) is 6.61 Å². The fraction of sp³-hybridized carbons (Fsp3) is 0.200. The van der Waals surface area contributed by atoms with Gasteiger partial charge in [-0.05, 0) is 24.3 Å². The van der Waals surface area contributed by atoms with E-state index in [9.17, 15) is 9.59 Å². The molecule has 0 saturated heterocycles. The highest BCUT2D eigenvalue weighted by atomic mass is 16.5. The van der Waals surface area contributed by atoms with Crippen molar-refractivity contribution in [2.75, 3.05) is 11.9 Å². The largest absolute Gasteiger partial charge is 0.484 e. The predicted molar refractivity (Wildman–Crippen MR) is 58.6 cm³/mol. The van der Waals surface area contributed by atoms with E-state index in [0.29, 0.717) is 11.4 Å². The zero-order valence-electron chi connectivity index (χ0n) is 8.82. The summed E-state index contributed by atoms with van der Waals surface area (Å²) < 4.78 is 5.11. The van der Waals surface area contributed by atoms with Crippen molar-refractivity contribution in [3.8, 4) is 5.75 Å². The molecule has 1 aromatic carbocycles. The van der Waals surface area contributed by atoms with Crippen LogP contribution in [0.25, 0.3) is 0 Å². The van der Waals surface area contributed by atoms with Crippen molar-refractivity contribution < 1.29 is 14.3 Å². The van der Waals surface area contributed by atoms with Crippen molar-refractivity contribution in [1.29, 1.82) is 0 Å². The Morgan fingerprint density at radius 1 is 1.31 bits per heavy atom. The number of hydrazine groups is 1. The molecule has 0 unspecified atom stereocenters. The summed E-state index contributed by atoms with van der Waals surface area (Å²) in [5.41, 5.74) is 2.62. The summed E-state index contributed by atoms with van der Waals surface area (Å²) >= 11 is 0. The van der Waals surface area contributed by atoms with E-state index in [1.165, 1.54) is 6.92 Å².